The maximum absolute atomic E-state index is 10.2. The van der Waals surface area contributed by atoms with Crippen molar-refractivity contribution in [2.24, 2.45) is 0 Å². The highest BCUT2D eigenvalue weighted by atomic mass is 16.3. The Hall–Kier alpha value is -0.870. The zero-order valence-electron chi connectivity index (χ0n) is 9.50. The maximum Gasteiger partial charge on any atom is 0.137 e. The molecule has 2 unspecified atom stereocenters. The fourth-order valence-electron chi connectivity index (χ4n) is 2.79. The van der Waals surface area contributed by atoms with Crippen LogP contribution in [0.2, 0.25) is 0 Å². The van der Waals surface area contributed by atoms with Crippen molar-refractivity contribution in [2.45, 2.75) is 50.7 Å². The molecule has 2 aliphatic rings. The summed E-state index contributed by atoms with van der Waals surface area (Å²) in [6, 6.07) is 0.188. The second kappa shape index (κ2) is 4.18. The van der Waals surface area contributed by atoms with Gasteiger partial charge in [0.15, 0.2) is 0 Å². The number of imidazole rings is 1. The van der Waals surface area contributed by atoms with Crippen LogP contribution < -0.4 is 5.32 Å². The lowest BCUT2D eigenvalue weighted by atomic mass is 10.0. The Morgan fingerprint density at radius 3 is 2.88 bits per heavy atom. The lowest BCUT2D eigenvalue weighted by molar-refractivity contribution is 0.129. The first-order valence-corrected chi connectivity index (χ1v) is 6.34. The molecule has 0 spiro atoms. The molecule has 4 heteroatoms. The summed E-state index contributed by atoms with van der Waals surface area (Å²) in [7, 11) is 0. The van der Waals surface area contributed by atoms with E-state index in [1.165, 1.54) is 24.2 Å². The molecule has 1 aromatic heterocycles. The fourth-order valence-corrected chi connectivity index (χ4v) is 2.79. The SMILES string of the molecule is OC(c1nc2c([nH]1)CCCC2)C1CCCN1. The number of aryl methyl sites for hydroxylation is 2. The summed E-state index contributed by atoms with van der Waals surface area (Å²) >= 11 is 0. The number of hydrogen-bond donors (Lipinski definition) is 3. The van der Waals surface area contributed by atoms with Gasteiger partial charge in [0.05, 0.1) is 5.69 Å². The second-order valence-electron chi connectivity index (χ2n) is 4.90. The standard InChI is InChI=1S/C12H19N3O/c16-11(10-6-3-7-13-10)12-14-8-4-1-2-5-9(8)15-12/h10-11,13,16H,1-7H2,(H,14,15). The highest BCUT2D eigenvalue weighted by Gasteiger charge is 2.27. The Morgan fingerprint density at radius 2 is 2.12 bits per heavy atom. The Balaban J connectivity index is 1.80. The average Bonchev–Trinajstić information content (AvgIpc) is 2.97. The summed E-state index contributed by atoms with van der Waals surface area (Å²) in [6.45, 7) is 1.02. The van der Waals surface area contributed by atoms with Crippen LogP contribution in [0.25, 0.3) is 0 Å². The van der Waals surface area contributed by atoms with Gasteiger partial charge in [0.1, 0.15) is 11.9 Å². The lowest BCUT2D eigenvalue weighted by Gasteiger charge is -2.15. The zero-order valence-corrected chi connectivity index (χ0v) is 9.50. The molecule has 2 heterocycles. The minimum absolute atomic E-state index is 0.188. The molecule has 2 atom stereocenters. The van der Waals surface area contributed by atoms with Crippen molar-refractivity contribution in [2.75, 3.05) is 6.54 Å². The maximum atomic E-state index is 10.2. The zero-order chi connectivity index (χ0) is 11.0. The summed E-state index contributed by atoms with van der Waals surface area (Å²) in [5, 5.41) is 13.5. The Kier molecular flexibility index (Phi) is 2.69. The smallest absolute Gasteiger partial charge is 0.137 e. The van der Waals surface area contributed by atoms with Gasteiger partial charge in [-0.25, -0.2) is 4.98 Å². The molecule has 1 aliphatic heterocycles. The molecule has 0 bridgehead atoms. The van der Waals surface area contributed by atoms with Gasteiger partial charge in [-0.3, -0.25) is 0 Å². The monoisotopic (exact) mass is 221 g/mol. The molecule has 1 saturated heterocycles. The molecule has 3 N–H and O–H groups in total. The van der Waals surface area contributed by atoms with Gasteiger partial charge in [0, 0.05) is 11.7 Å². The van der Waals surface area contributed by atoms with E-state index in [-0.39, 0.29) is 6.04 Å². The molecule has 4 nitrogen and oxygen atoms in total. The molecule has 0 radical (unpaired) electrons. The van der Waals surface area contributed by atoms with Gasteiger partial charge < -0.3 is 15.4 Å². The first kappa shape index (κ1) is 10.3. The average molecular weight is 221 g/mol. The molecule has 3 rings (SSSR count). The van der Waals surface area contributed by atoms with Crippen molar-refractivity contribution in [1.82, 2.24) is 15.3 Å². The van der Waals surface area contributed by atoms with Gasteiger partial charge in [-0.1, -0.05) is 0 Å². The molecule has 0 saturated carbocycles. The van der Waals surface area contributed by atoms with E-state index in [9.17, 15) is 5.11 Å². The Morgan fingerprint density at radius 1 is 1.25 bits per heavy atom. The van der Waals surface area contributed by atoms with Gasteiger partial charge in [0.2, 0.25) is 0 Å². The van der Waals surface area contributed by atoms with E-state index in [2.05, 4.69) is 15.3 Å². The van der Waals surface area contributed by atoms with Crippen LogP contribution in [0, 0.1) is 0 Å². The lowest BCUT2D eigenvalue weighted by Crippen LogP contribution is -2.29. The third-order valence-corrected chi connectivity index (χ3v) is 3.73. The van der Waals surface area contributed by atoms with Crippen LogP contribution >= 0.6 is 0 Å². The summed E-state index contributed by atoms with van der Waals surface area (Å²) in [6.07, 6.45) is 6.37. The van der Waals surface area contributed by atoms with E-state index in [1.807, 2.05) is 0 Å². The summed E-state index contributed by atoms with van der Waals surface area (Å²) in [5.41, 5.74) is 2.43. The first-order chi connectivity index (χ1) is 7.84. The van der Waals surface area contributed by atoms with Gasteiger partial charge in [-0.2, -0.15) is 0 Å². The largest absolute Gasteiger partial charge is 0.384 e. The summed E-state index contributed by atoms with van der Waals surface area (Å²) in [5.74, 6) is 0.770. The van der Waals surface area contributed by atoms with E-state index in [1.54, 1.807) is 0 Å². The molecule has 88 valence electrons. The van der Waals surface area contributed by atoms with Crippen LogP contribution in [-0.2, 0) is 12.8 Å². The molecule has 1 aliphatic carbocycles. The predicted octanol–water partition coefficient (Wildman–Crippen LogP) is 1.07. The van der Waals surface area contributed by atoms with Crippen LogP contribution in [0.3, 0.4) is 0 Å². The number of H-pyrrole nitrogens is 1. The van der Waals surface area contributed by atoms with Gasteiger partial charge >= 0.3 is 0 Å². The molecule has 16 heavy (non-hydrogen) atoms. The fraction of sp³-hybridized carbons (Fsp3) is 0.750. The van der Waals surface area contributed by atoms with Crippen LogP contribution in [0.5, 0.6) is 0 Å². The quantitative estimate of drug-likeness (QED) is 0.700. The Bertz CT molecular complexity index is 345. The minimum Gasteiger partial charge on any atom is -0.384 e. The van der Waals surface area contributed by atoms with E-state index < -0.39 is 6.10 Å². The van der Waals surface area contributed by atoms with Gasteiger partial charge in [0.25, 0.3) is 0 Å². The number of aliphatic hydroxyl groups excluding tert-OH is 1. The number of aromatic amines is 1. The normalized spacial score (nSPS) is 26.7. The number of fused-ring (bicyclic) bond motifs is 1. The number of rotatable bonds is 2. The second-order valence-corrected chi connectivity index (χ2v) is 4.90. The third-order valence-electron chi connectivity index (χ3n) is 3.73. The van der Waals surface area contributed by atoms with Crippen molar-refractivity contribution in [3.8, 4) is 0 Å². The van der Waals surface area contributed by atoms with Crippen LogP contribution in [0.15, 0.2) is 0 Å². The van der Waals surface area contributed by atoms with Crippen molar-refractivity contribution in [3.63, 3.8) is 0 Å². The van der Waals surface area contributed by atoms with Crippen molar-refractivity contribution < 1.29 is 5.11 Å². The first-order valence-electron chi connectivity index (χ1n) is 6.34. The number of aliphatic hydroxyl groups is 1. The third kappa shape index (κ3) is 1.76. The van der Waals surface area contributed by atoms with Crippen molar-refractivity contribution >= 4 is 0 Å². The Labute approximate surface area is 95.5 Å². The summed E-state index contributed by atoms with van der Waals surface area (Å²) in [4.78, 5) is 7.86. The number of aromatic nitrogens is 2. The van der Waals surface area contributed by atoms with Crippen LogP contribution in [0.1, 0.15) is 49.0 Å². The molecular formula is C12H19N3O. The van der Waals surface area contributed by atoms with Gasteiger partial charge in [-0.05, 0) is 45.1 Å². The van der Waals surface area contributed by atoms with Crippen molar-refractivity contribution in [1.29, 1.82) is 0 Å². The van der Waals surface area contributed by atoms with E-state index in [0.717, 1.165) is 38.1 Å². The topological polar surface area (TPSA) is 60.9 Å². The highest BCUT2D eigenvalue weighted by molar-refractivity contribution is 5.19. The highest BCUT2D eigenvalue weighted by Crippen LogP contribution is 2.25. The van der Waals surface area contributed by atoms with Gasteiger partial charge in [-0.15, -0.1) is 0 Å². The molecule has 0 amide bonds. The predicted molar refractivity (Wildman–Crippen MR) is 61.2 cm³/mol. The van der Waals surface area contributed by atoms with Crippen LogP contribution in [0.4, 0.5) is 0 Å². The minimum atomic E-state index is -0.465. The molecular weight excluding hydrogens is 202 g/mol. The number of hydrogen-bond acceptors (Lipinski definition) is 3. The van der Waals surface area contributed by atoms with E-state index in [4.69, 9.17) is 0 Å². The molecule has 1 fully saturated rings. The molecule has 0 aromatic carbocycles. The van der Waals surface area contributed by atoms with E-state index in [0.29, 0.717) is 0 Å². The number of nitrogens with one attached hydrogen (secondary N) is 2. The van der Waals surface area contributed by atoms with Crippen molar-refractivity contribution in [3.05, 3.63) is 17.2 Å². The molecule has 1 aromatic rings. The number of nitrogens with zero attached hydrogens (tertiary/aromatic N) is 1. The van der Waals surface area contributed by atoms with E-state index >= 15 is 0 Å². The van der Waals surface area contributed by atoms with Crippen LogP contribution in [-0.4, -0.2) is 27.7 Å². The summed E-state index contributed by atoms with van der Waals surface area (Å²) < 4.78 is 0.